The van der Waals surface area contributed by atoms with Crippen LogP contribution in [-0.4, -0.2) is 58.6 Å². The van der Waals surface area contributed by atoms with Gasteiger partial charge in [-0.1, -0.05) is 184 Å². The summed E-state index contributed by atoms with van der Waals surface area (Å²) >= 11 is 13.9. The summed E-state index contributed by atoms with van der Waals surface area (Å²) in [5.74, 6) is -1.22. The Bertz CT molecular complexity index is 3180. The van der Waals surface area contributed by atoms with E-state index in [4.69, 9.17) is 41.5 Å². The van der Waals surface area contributed by atoms with Crippen LogP contribution in [0.25, 0.3) is 22.1 Å². The first kappa shape index (κ1) is 61.6. The van der Waals surface area contributed by atoms with Crippen LogP contribution in [0.4, 0.5) is 0 Å². The van der Waals surface area contributed by atoms with Crippen LogP contribution in [0.2, 0.25) is 46.3 Å². The molecule has 2 heterocycles. The molecule has 0 bridgehead atoms. The Labute approximate surface area is 485 Å². The molecular weight excluding hydrogens is 1080 g/mol. The van der Waals surface area contributed by atoms with Gasteiger partial charge in [0.15, 0.2) is 16.6 Å². The molecule has 0 aliphatic heterocycles. The zero-order valence-electron chi connectivity index (χ0n) is 49.2. The summed E-state index contributed by atoms with van der Waals surface area (Å²) in [4.78, 5) is 26.4. The van der Waals surface area contributed by atoms with Crippen molar-refractivity contribution in [2.24, 2.45) is 0 Å². The number of ether oxygens (including phenoxy) is 2. The molecule has 0 amide bonds. The van der Waals surface area contributed by atoms with Crippen LogP contribution < -0.4 is 0 Å². The van der Waals surface area contributed by atoms with Crippen LogP contribution >= 0.6 is 23.2 Å². The van der Waals surface area contributed by atoms with E-state index in [1.807, 2.05) is 108 Å². The highest BCUT2D eigenvalue weighted by Crippen LogP contribution is 2.42. The summed E-state index contributed by atoms with van der Waals surface area (Å²) in [5, 5.41) is 18.4. The fraction of sp³-hybridized carbons (Fsp3) is 0.406. The van der Waals surface area contributed by atoms with E-state index in [1.54, 1.807) is 0 Å². The Morgan fingerprint density at radius 2 is 0.887 bits per heavy atom. The molecule has 0 unspecified atom stereocenters. The van der Waals surface area contributed by atoms with Crippen molar-refractivity contribution in [2.75, 3.05) is 0 Å². The fourth-order valence-corrected chi connectivity index (χ4v) is 11.4. The normalized spacial score (nSPS) is 13.0. The van der Waals surface area contributed by atoms with Gasteiger partial charge in [-0.25, -0.2) is 9.36 Å². The Balaban J connectivity index is 0.000000231. The first-order valence-electron chi connectivity index (χ1n) is 27.7. The van der Waals surface area contributed by atoms with Gasteiger partial charge in [-0.2, -0.15) is 0 Å². The minimum absolute atomic E-state index is 0.114. The number of carbonyl (C=O) groups excluding carboxylic acids is 2. The molecule has 12 nitrogen and oxygen atoms in total. The Morgan fingerprint density at radius 1 is 0.525 bits per heavy atom. The third kappa shape index (κ3) is 14.9. The minimum Gasteiger partial charge on any atom is -0.461 e. The van der Waals surface area contributed by atoms with Crippen LogP contribution in [0.15, 0.2) is 121 Å². The molecule has 16 heteroatoms. The minimum atomic E-state index is -1.94. The second-order valence-electron chi connectivity index (χ2n) is 23.8. The van der Waals surface area contributed by atoms with Crippen LogP contribution in [0.1, 0.15) is 136 Å². The molecule has 0 spiro atoms. The first-order chi connectivity index (χ1) is 37.8. The number of carbonyl (C=O) groups is 2. The van der Waals surface area contributed by atoms with Crippen molar-refractivity contribution in [3.63, 3.8) is 0 Å². The van der Waals surface area contributed by atoms with Crippen molar-refractivity contribution < 1.29 is 27.9 Å². The number of nitrogens with zero attached hydrogens (tertiary/aromatic N) is 6. The van der Waals surface area contributed by atoms with Gasteiger partial charge in [-0.05, 0) is 132 Å². The third-order valence-corrected chi connectivity index (χ3v) is 26.0. The van der Waals surface area contributed by atoms with E-state index >= 15 is 0 Å². The SMILES string of the molecule is CCn1nnc2c(Cl)c([C@@H](CC(=O)OCc3ccccc3)c3ccc(C)c(CO[Si](C)(C)C(C)(C)C)c3)ccc21.CCn1nnc2c(Cl)c([C@H](CC(=O)OCc3ccccc3)c3ccc(C)c(CO[Si](C)(C)C(C)(C)C)c3)ccc21. The van der Waals surface area contributed by atoms with Crippen LogP contribution in [0, 0.1) is 13.8 Å². The Hall–Kier alpha value is -6.01. The summed E-state index contributed by atoms with van der Waals surface area (Å²) in [6, 6.07) is 40.0. The summed E-state index contributed by atoms with van der Waals surface area (Å²) in [6.07, 6.45) is 0.289. The molecule has 0 saturated carbocycles. The van der Waals surface area contributed by atoms with Crippen molar-refractivity contribution >= 4 is 73.8 Å². The maximum absolute atomic E-state index is 13.2. The predicted molar refractivity (Wildman–Crippen MR) is 328 cm³/mol. The van der Waals surface area contributed by atoms with E-state index in [2.05, 4.69) is 139 Å². The van der Waals surface area contributed by atoms with Crippen LogP contribution in [0.3, 0.4) is 0 Å². The molecule has 2 aromatic heterocycles. The van der Waals surface area contributed by atoms with Crippen LogP contribution in [-0.2, 0) is 67.4 Å². The van der Waals surface area contributed by atoms with E-state index < -0.39 is 16.6 Å². The van der Waals surface area contributed by atoms with Gasteiger partial charge < -0.3 is 18.3 Å². The molecule has 0 saturated heterocycles. The quantitative estimate of drug-likeness (QED) is 0.0536. The zero-order valence-corrected chi connectivity index (χ0v) is 52.8. The van der Waals surface area contributed by atoms with Gasteiger partial charge in [0.05, 0.1) is 47.1 Å². The second-order valence-corrected chi connectivity index (χ2v) is 34.1. The lowest BCUT2D eigenvalue weighted by atomic mass is 9.86. The number of hydrogen-bond donors (Lipinski definition) is 0. The van der Waals surface area contributed by atoms with Gasteiger partial charge in [0.2, 0.25) is 0 Å². The maximum Gasteiger partial charge on any atom is 0.307 e. The van der Waals surface area contributed by atoms with Crippen molar-refractivity contribution in [3.8, 4) is 0 Å². The standard InChI is InChI=1S/2C32H40ClN3O3Si/c2*1-8-36-28-17-16-26(30(33)31(28)34-35-36)27(19-29(37)38-20-23-12-10-9-11-13-23)24-15-14-22(2)25(18-24)21-39-40(6,7)32(3,4)5/h2*9-18,27H,8,19-21H2,1-7H3/t2*27-/m10/s1. The van der Waals surface area contributed by atoms with E-state index in [0.29, 0.717) is 47.4 Å². The number of benzene rings is 6. The van der Waals surface area contributed by atoms with Crippen LogP contribution in [0.5, 0.6) is 0 Å². The topological polar surface area (TPSA) is 132 Å². The molecule has 8 rings (SSSR count). The van der Waals surface area contributed by atoms with Gasteiger partial charge in [-0.3, -0.25) is 9.59 Å². The lowest BCUT2D eigenvalue weighted by Gasteiger charge is -2.36. The summed E-state index contributed by atoms with van der Waals surface area (Å²) in [7, 11) is -3.88. The smallest absolute Gasteiger partial charge is 0.307 e. The van der Waals surface area contributed by atoms with Crippen molar-refractivity contribution in [2.45, 2.75) is 170 Å². The van der Waals surface area contributed by atoms with Gasteiger partial charge >= 0.3 is 11.9 Å². The number of esters is 2. The summed E-state index contributed by atoms with van der Waals surface area (Å²) in [5.41, 5.74) is 13.1. The molecule has 0 radical (unpaired) electrons. The maximum atomic E-state index is 13.2. The summed E-state index contributed by atoms with van der Waals surface area (Å²) in [6.45, 7) is 33.6. The van der Waals surface area contributed by atoms with Crippen molar-refractivity contribution in [1.29, 1.82) is 0 Å². The molecule has 6 aromatic carbocycles. The Kier molecular flexibility index (Phi) is 20.2. The van der Waals surface area contributed by atoms with E-state index in [1.165, 1.54) is 0 Å². The lowest BCUT2D eigenvalue weighted by Crippen LogP contribution is -2.40. The Morgan fingerprint density at radius 3 is 1.23 bits per heavy atom. The number of aryl methyl sites for hydroxylation is 4. The molecule has 424 valence electrons. The fourth-order valence-electron chi connectivity index (χ4n) is 8.86. The molecule has 2 atom stereocenters. The number of fused-ring (bicyclic) bond motifs is 2. The zero-order chi connectivity index (χ0) is 58.2. The highest BCUT2D eigenvalue weighted by molar-refractivity contribution is 6.74. The van der Waals surface area contributed by atoms with E-state index in [0.717, 1.165) is 66.7 Å². The highest BCUT2D eigenvalue weighted by Gasteiger charge is 2.38. The van der Waals surface area contributed by atoms with Crippen molar-refractivity contribution in [1.82, 2.24) is 30.0 Å². The lowest BCUT2D eigenvalue weighted by molar-refractivity contribution is -0.146. The molecule has 80 heavy (non-hydrogen) atoms. The van der Waals surface area contributed by atoms with Gasteiger partial charge in [-0.15, -0.1) is 10.2 Å². The molecular formula is C64H80Cl2N6O6Si2. The average molecular weight is 1160 g/mol. The summed E-state index contributed by atoms with van der Waals surface area (Å²) < 4.78 is 28.2. The number of rotatable bonds is 20. The predicted octanol–water partition coefficient (Wildman–Crippen LogP) is 16.4. The largest absolute Gasteiger partial charge is 0.461 e. The van der Waals surface area contributed by atoms with Gasteiger partial charge in [0.25, 0.3) is 0 Å². The van der Waals surface area contributed by atoms with Gasteiger partial charge in [0, 0.05) is 24.9 Å². The highest BCUT2D eigenvalue weighted by atomic mass is 35.5. The molecule has 0 fully saturated rings. The van der Waals surface area contributed by atoms with Gasteiger partial charge in [0.1, 0.15) is 24.2 Å². The average Bonchev–Trinajstić information content (AvgIpc) is 4.07. The first-order valence-corrected chi connectivity index (χ1v) is 34.3. The molecule has 0 aliphatic carbocycles. The number of aromatic nitrogens is 6. The molecule has 0 N–H and O–H groups in total. The second kappa shape index (κ2) is 26.3. The molecule has 8 aromatic rings. The third-order valence-electron chi connectivity index (χ3n) is 16.2. The van der Waals surface area contributed by atoms with Crippen molar-refractivity contribution in [3.05, 3.63) is 187 Å². The van der Waals surface area contributed by atoms with E-state index in [9.17, 15) is 9.59 Å². The molecule has 0 aliphatic rings. The number of halogens is 2. The van der Waals surface area contributed by atoms with E-state index in [-0.39, 0.29) is 59.9 Å². The monoisotopic (exact) mass is 1150 g/mol. The number of hydrogen-bond acceptors (Lipinski definition) is 10.